The molecule has 94 valence electrons. The van der Waals surface area contributed by atoms with Crippen molar-refractivity contribution >= 4 is 17.6 Å². The van der Waals surface area contributed by atoms with Gasteiger partial charge in [0.1, 0.15) is 5.82 Å². The Morgan fingerprint density at radius 3 is 2.65 bits per heavy atom. The van der Waals surface area contributed by atoms with Crippen molar-refractivity contribution in [3.05, 3.63) is 34.6 Å². The van der Waals surface area contributed by atoms with Crippen LogP contribution in [0.5, 0.6) is 0 Å². The van der Waals surface area contributed by atoms with Gasteiger partial charge in [-0.3, -0.25) is 9.69 Å². The second-order valence-electron chi connectivity index (χ2n) is 4.14. The summed E-state index contributed by atoms with van der Waals surface area (Å²) in [6, 6.07) is 4.51. The minimum Gasteiger partial charge on any atom is -0.480 e. The Balaban J connectivity index is 2.78. The van der Waals surface area contributed by atoms with Gasteiger partial charge in [-0.1, -0.05) is 17.7 Å². The maximum absolute atomic E-state index is 13.0. The van der Waals surface area contributed by atoms with Gasteiger partial charge in [-0.2, -0.15) is 0 Å². The van der Waals surface area contributed by atoms with E-state index in [9.17, 15) is 9.18 Å². The molecule has 0 aromatic heterocycles. The van der Waals surface area contributed by atoms with Gasteiger partial charge in [0.2, 0.25) is 0 Å². The summed E-state index contributed by atoms with van der Waals surface area (Å²) < 4.78 is 13.0. The molecule has 0 aliphatic carbocycles. The Labute approximate surface area is 105 Å². The zero-order chi connectivity index (χ0) is 13.0. The van der Waals surface area contributed by atoms with Gasteiger partial charge in [-0.25, -0.2) is 4.39 Å². The summed E-state index contributed by atoms with van der Waals surface area (Å²) in [5.41, 5.74) is 0.798. The Hall–Kier alpha value is -1.13. The molecule has 1 aromatic rings. The predicted octanol–water partition coefficient (Wildman–Crippen LogP) is 2.77. The second-order valence-corrected chi connectivity index (χ2v) is 4.55. The molecule has 0 saturated heterocycles. The van der Waals surface area contributed by atoms with Crippen molar-refractivity contribution in [2.24, 2.45) is 0 Å². The number of rotatable bonds is 5. The standard InChI is InChI=1S/C12H15ClFNO2/c1-8(2)15(7-12(16)17)6-9-3-4-11(14)10(13)5-9/h3-5,8H,6-7H2,1-2H3,(H,16,17). The minimum absolute atomic E-state index is 0.0489. The van der Waals surface area contributed by atoms with Crippen molar-refractivity contribution in [1.29, 1.82) is 0 Å². The smallest absolute Gasteiger partial charge is 0.317 e. The summed E-state index contributed by atoms with van der Waals surface area (Å²) in [4.78, 5) is 12.5. The lowest BCUT2D eigenvalue weighted by atomic mass is 10.2. The molecule has 0 spiro atoms. The zero-order valence-corrected chi connectivity index (χ0v) is 10.5. The Kier molecular flexibility index (Phi) is 4.90. The minimum atomic E-state index is -0.882. The van der Waals surface area contributed by atoms with Gasteiger partial charge >= 0.3 is 5.97 Å². The van der Waals surface area contributed by atoms with Crippen molar-refractivity contribution in [1.82, 2.24) is 4.90 Å². The first-order chi connectivity index (χ1) is 7.90. The van der Waals surface area contributed by atoms with E-state index < -0.39 is 11.8 Å². The van der Waals surface area contributed by atoms with Crippen molar-refractivity contribution in [2.45, 2.75) is 26.4 Å². The maximum Gasteiger partial charge on any atom is 0.317 e. The van der Waals surface area contributed by atoms with Gasteiger partial charge in [0, 0.05) is 12.6 Å². The van der Waals surface area contributed by atoms with E-state index in [1.807, 2.05) is 13.8 Å². The molecule has 0 atom stereocenters. The van der Waals surface area contributed by atoms with E-state index in [1.165, 1.54) is 12.1 Å². The molecule has 0 amide bonds. The molecule has 1 N–H and O–H groups in total. The van der Waals surface area contributed by atoms with Crippen molar-refractivity contribution in [3.63, 3.8) is 0 Å². The normalized spacial score (nSPS) is 11.2. The molecular formula is C12H15ClFNO2. The summed E-state index contributed by atoms with van der Waals surface area (Å²) in [5, 5.41) is 8.84. The van der Waals surface area contributed by atoms with Crippen LogP contribution in [0.3, 0.4) is 0 Å². The fourth-order valence-electron chi connectivity index (χ4n) is 1.47. The van der Waals surface area contributed by atoms with Crippen LogP contribution in [0.1, 0.15) is 19.4 Å². The van der Waals surface area contributed by atoms with Crippen molar-refractivity contribution < 1.29 is 14.3 Å². The topological polar surface area (TPSA) is 40.5 Å². The molecule has 0 saturated carbocycles. The SMILES string of the molecule is CC(C)N(CC(=O)O)Cc1ccc(F)c(Cl)c1. The third-order valence-corrected chi connectivity index (χ3v) is 2.73. The molecule has 0 aliphatic heterocycles. The van der Waals surface area contributed by atoms with Crippen molar-refractivity contribution in [2.75, 3.05) is 6.54 Å². The number of hydrogen-bond donors (Lipinski definition) is 1. The van der Waals surface area contributed by atoms with Crippen LogP contribution in [0.15, 0.2) is 18.2 Å². The summed E-state index contributed by atoms with van der Waals surface area (Å²) >= 11 is 5.67. The number of aliphatic carboxylic acids is 1. The second kappa shape index (κ2) is 5.98. The highest BCUT2D eigenvalue weighted by atomic mass is 35.5. The fourth-order valence-corrected chi connectivity index (χ4v) is 1.67. The number of nitrogens with zero attached hydrogens (tertiary/aromatic N) is 1. The van der Waals surface area contributed by atoms with E-state index in [4.69, 9.17) is 16.7 Å². The highest BCUT2D eigenvalue weighted by Gasteiger charge is 2.14. The summed E-state index contributed by atoms with van der Waals surface area (Å²) in [5.74, 6) is -1.35. The molecule has 0 bridgehead atoms. The number of carbonyl (C=O) groups is 1. The van der Waals surface area contributed by atoms with E-state index in [-0.39, 0.29) is 17.6 Å². The van der Waals surface area contributed by atoms with Crippen LogP contribution in [-0.4, -0.2) is 28.6 Å². The largest absolute Gasteiger partial charge is 0.480 e. The van der Waals surface area contributed by atoms with Gasteiger partial charge in [0.15, 0.2) is 0 Å². The van der Waals surface area contributed by atoms with Crippen LogP contribution in [-0.2, 0) is 11.3 Å². The van der Waals surface area contributed by atoms with E-state index in [2.05, 4.69) is 0 Å². The Morgan fingerprint density at radius 1 is 1.53 bits per heavy atom. The molecule has 0 unspecified atom stereocenters. The van der Waals surface area contributed by atoms with Gasteiger partial charge < -0.3 is 5.11 Å². The van der Waals surface area contributed by atoms with Gasteiger partial charge in [0.25, 0.3) is 0 Å². The molecule has 3 nitrogen and oxygen atoms in total. The fraction of sp³-hybridized carbons (Fsp3) is 0.417. The van der Waals surface area contributed by atoms with Crippen LogP contribution < -0.4 is 0 Å². The van der Waals surface area contributed by atoms with Crippen LogP contribution in [0, 0.1) is 5.82 Å². The molecule has 1 aromatic carbocycles. The molecule has 0 radical (unpaired) electrons. The highest BCUT2D eigenvalue weighted by Crippen LogP contribution is 2.17. The Bertz CT molecular complexity index is 409. The summed E-state index contributed by atoms with van der Waals surface area (Å²) in [6.07, 6.45) is 0. The lowest BCUT2D eigenvalue weighted by molar-refractivity contribution is -0.138. The van der Waals surface area contributed by atoms with Gasteiger partial charge in [0.05, 0.1) is 11.6 Å². The Morgan fingerprint density at radius 2 is 2.18 bits per heavy atom. The molecule has 0 heterocycles. The molecule has 0 fully saturated rings. The van der Waals surface area contributed by atoms with E-state index in [1.54, 1.807) is 11.0 Å². The van der Waals surface area contributed by atoms with Crippen LogP contribution >= 0.6 is 11.6 Å². The lowest BCUT2D eigenvalue weighted by Crippen LogP contribution is -2.35. The number of carboxylic acid groups (broad SMARTS) is 1. The lowest BCUT2D eigenvalue weighted by Gasteiger charge is -2.24. The average molecular weight is 260 g/mol. The van der Waals surface area contributed by atoms with E-state index in [0.29, 0.717) is 6.54 Å². The van der Waals surface area contributed by atoms with Gasteiger partial charge in [-0.15, -0.1) is 0 Å². The first kappa shape index (κ1) is 13.9. The van der Waals surface area contributed by atoms with Gasteiger partial charge in [-0.05, 0) is 31.5 Å². The predicted molar refractivity (Wildman–Crippen MR) is 64.6 cm³/mol. The summed E-state index contributed by atoms with van der Waals surface area (Å²) in [6.45, 7) is 4.21. The third-order valence-electron chi connectivity index (χ3n) is 2.44. The first-order valence-corrected chi connectivity index (χ1v) is 5.67. The van der Waals surface area contributed by atoms with Crippen molar-refractivity contribution in [3.8, 4) is 0 Å². The number of hydrogen-bond acceptors (Lipinski definition) is 2. The first-order valence-electron chi connectivity index (χ1n) is 5.30. The van der Waals surface area contributed by atoms with Crippen LogP contribution in [0.4, 0.5) is 4.39 Å². The number of benzene rings is 1. The molecule has 17 heavy (non-hydrogen) atoms. The van der Waals surface area contributed by atoms with Crippen LogP contribution in [0.25, 0.3) is 0 Å². The van der Waals surface area contributed by atoms with E-state index in [0.717, 1.165) is 5.56 Å². The quantitative estimate of drug-likeness (QED) is 0.884. The summed E-state index contributed by atoms with van der Waals surface area (Å²) in [7, 11) is 0. The molecule has 0 aliphatic rings. The molecule has 5 heteroatoms. The monoisotopic (exact) mass is 259 g/mol. The van der Waals surface area contributed by atoms with Crippen LogP contribution in [0.2, 0.25) is 5.02 Å². The third kappa shape index (κ3) is 4.32. The number of carboxylic acids is 1. The highest BCUT2D eigenvalue weighted by molar-refractivity contribution is 6.30. The average Bonchev–Trinajstić information content (AvgIpc) is 2.21. The number of halogens is 2. The zero-order valence-electron chi connectivity index (χ0n) is 9.78. The van der Waals surface area contributed by atoms with E-state index >= 15 is 0 Å². The molecule has 1 rings (SSSR count). The molecular weight excluding hydrogens is 245 g/mol. The maximum atomic E-state index is 13.0.